The van der Waals surface area contributed by atoms with Gasteiger partial charge >= 0.3 is 12.3 Å². The van der Waals surface area contributed by atoms with Gasteiger partial charge in [-0.1, -0.05) is 12.0 Å². The van der Waals surface area contributed by atoms with Gasteiger partial charge in [-0.3, -0.25) is 0 Å². The summed E-state index contributed by atoms with van der Waals surface area (Å²) in [6, 6.07) is 5.75. The Hall–Kier alpha value is -4.36. The first-order valence-electron chi connectivity index (χ1n) is 13.8. The van der Waals surface area contributed by atoms with Gasteiger partial charge in [0.1, 0.15) is 30.0 Å². The number of likely N-dealkylation sites (tertiary alicyclic amines) is 1. The van der Waals surface area contributed by atoms with Crippen molar-refractivity contribution in [3.8, 4) is 11.8 Å². The largest absolute Gasteiger partial charge is 0.499 e. The van der Waals surface area contributed by atoms with Crippen molar-refractivity contribution in [3.05, 3.63) is 59.1 Å². The highest BCUT2D eigenvalue weighted by Gasteiger charge is 2.34. The Bertz CT molecular complexity index is 1530. The molecule has 1 aliphatic heterocycles. The van der Waals surface area contributed by atoms with Gasteiger partial charge in [0.15, 0.2) is 0 Å². The highest BCUT2D eigenvalue weighted by Crippen LogP contribution is 2.32. The molecule has 1 saturated heterocycles. The number of nitrogens with zero attached hydrogens (tertiary/aromatic N) is 2. The number of carbonyl (C=O) groups is 1. The molecule has 0 unspecified atom stereocenters. The first kappa shape index (κ1) is 31.6. The third kappa shape index (κ3) is 8.14. The first-order valence-corrected chi connectivity index (χ1v) is 13.8. The van der Waals surface area contributed by atoms with E-state index in [1.807, 2.05) is 5.94 Å². The van der Waals surface area contributed by atoms with Gasteiger partial charge in [-0.2, -0.15) is 13.2 Å². The van der Waals surface area contributed by atoms with Crippen LogP contribution in [-0.2, 0) is 20.8 Å². The molecule has 0 spiro atoms. The lowest BCUT2D eigenvalue weighted by atomic mass is 10.0. The third-order valence-electron chi connectivity index (χ3n) is 6.88. The minimum atomic E-state index is -4.50. The molecule has 1 aromatic carbocycles. The van der Waals surface area contributed by atoms with Crippen LogP contribution in [0.3, 0.4) is 0 Å². The van der Waals surface area contributed by atoms with E-state index < -0.39 is 36.6 Å². The van der Waals surface area contributed by atoms with Crippen molar-refractivity contribution in [1.29, 1.82) is 0 Å². The zero-order chi connectivity index (χ0) is 31.4. The molecular formula is C31H34F4N4O4. The molecular weight excluding hydrogens is 568 g/mol. The zero-order valence-electron chi connectivity index (χ0n) is 24.4. The number of nitrogens with one attached hydrogen (secondary N) is 2. The molecule has 2 heterocycles. The van der Waals surface area contributed by atoms with Crippen LogP contribution in [0.25, 0.3) is 10.9 Å². The zero-order valence-corrected chi connectivity index (χ0v) is 24.4. The number of hydrogen-bond donors (Lipinski definition) is 2. The van der Waals surface area contributed by atoms with E-state index in [1.165, 1.54) is 12.0 Å². The second-order valence-electron chi connectivity index (χ2n) is 11.3. The lowest BCUT2D eigenvalue weighted by Gasteiger charge is -2.36. The van der Waals surface area contributed by atoms with Crippen LogP contribution in [0, 0.1) is 11.8 Å². The molecule has 0 bridgehead atoms. The molecule has 12 heteroatoms. The Morgan fingerprint density at radius 1 is 1.19 bits per heavy atom. The molecule has 2 atom stereocenters. The Morgan fingerprint density at radius 2 is 1.95 bits per heavy atom. The van der Waals surface area contributed by atoms with Crippen molar-refractivity contribution >= 4 is 28.6 Å². The van der Waals surface area contributed by atoms with Crippen LogP contribution in [0.1, 0.15) is 39.3 Å². The summed E-state index contributed by atoms with van der Waals surface area (Å²) in [7, 11) is 1.47. The van der Waals surface area contributed by atoms with Crippen molar-refractivity contribution < 1.29 is 36.6 Å². The Kier molecular flexibility index (Phi) is 9.46. The van der Waals surface area contributed by atoms with Gasteiger partial charge in [-0.25, -0.2) is 14.0 Å². The van der Waals surface area contributed by atoms with Gasteiger partial charge in [0.05, 0.1) is 43.1 Å². The summed E-state index contributed by atoms with van der Waals surface area (Å²) in [5.41, 5.74) is 1.25. The van der Waals surface area contributed by atoms with Gasteiger partial charge in [0, 0.05) is 29.6 Å². The number of ether oxygens (including phenoxy) is 2. The molecule has 2 N–H and O–H groups in total. The van der Waals surface area contributed by atoms with Gasteiger partial charge in [0.2, 0.25) is 0 Å². The van der Waals surface area contributed by atoms with Crippen molar-refractivity contribution in [2.75, 3.05) is 32.1 Å². The predicted octanol–water partition coefficient (Wildman–Crippen LogP) is 5.48. The van der Waals surface area contributed by atoms with Crippen LogP contribution in [0.2, 0.25) is 0 Å². The molecule has 1 fully saturated rings. The Morgan fingerprint density at radius 3 is 2.60 bits per heavy atom. The lowest BCUT2D eigenvalue weighted by Crippen LogP contribution is -2.51. The molecule has 1 aromatic heterocycles. The highest BCUT2D eigenvalue weighted by atomic mass is 19.4. The second kappa shape index (κ2) is 12.9. The SMILES string of the molecule is COC1=C(NCC#Cc2cc3c(N[C@@H]4CCN(C(=O)OC(C)(C)C)C[C@@H]4F)cccc3n2CC(F)(F)F)C=CC(=C=O)C1. The number of alkyl halides is 4. The van der Waals surface area contributed by atoms with Gasteiger partial charge < -0.3 is 29.6 Å². The Balaban J connectivity index is 1.54. The number of benzene rings is 1. The molecule has 2 aromatic rings. The summed E-state index contributed by atoms with van der Waals surface area (Å²) in [4.78, 5) is 24.6. The average Bonchev–Trinajstić information content (AvgIpc) is 3.27. The van der Waals surface area contributed by atoms with E-state index in [9.17, 15) is 22.8 Å². The predicted molar refractivity (Wildman–Crippen MR) is 155 cm³/mol. The van der Waals surface area contributed by atoms with Crippen LogP contribution < -0.4 is 10.6 Å². The summed E-state index contributed by atoms with van der Waals surface area (Å²) in [6.07, 6.45) is -2.70. The summed E-state index contributed by atoms with van der Waals surface area (Å²) in [5.74, 6) is 8.04. The van der Waals surface area contributed by atoms with Crippen molar-refractivity contribution in [2.24, 2.45) is 0 Å². The number of anilines is 1. The maximum absolute atomic E-state index is 15.2. The minimum absolute atomic E-state index is 0.102. The fraction of sp³-hybridized carbons (Fsp3) is 0.452. The van der Waals surface area contributed by atoms with Gasteiger partial charge in [-0.15, -0.1) is 0 Å². The molecule has 2 aliphatic rings. The molecule has 4 rings (SSSR count). The quantitative estimate of drug-likeness (QED) is 0.259. The number of fused-ring (bicyclic) bond motifs is 1. The van der Waals surface area contributed by atoms with E-state index in [4.69, 9.17) is 9.47 Å². The minimum Gasteiger partial charge on any atom is -0.499 e. The number of methoxy groups -OCH3 is 1. The molecule has 0 radical (unpaired) electrons. The van der Waals surface area contributed by atoms with E-state index in [0.29, 0.717) is 33.6 Å². The Labute approximate surface area is 247 Å². The summed E-state index contributed by atoms with van der Waals surface area (Å²) >= 11 is 0. The fourth-order valence-electron chi connectivity index (χ4n) is 4.91. The number of amides is 1. The van der Waals surface area contributed by atoms with Gasteiger partial charge in [-0.05, 0) is 63.5 Å². The first-order chi connectivity index (χ1) is 20.3. The summed E-state index contributed by atoms with van der Waals surface area (Å²) in [6.45, 7) is 4.16. The molecule has 1 aliphatic carbocycles. The van der Waals surface area contributed by atoms with Crippen molar-refractivity contribution in [2.45, 2.75) is 64.1 Å². The molecule has 8 nitrogen and oxygen atoms in total. The van der Waals surface area contributed by atoms with Crippen LogP contribution in [-0.4, -0.2) is 72.2 Å². The molecule has 1 amide bonds. The van der Waals surface area contributed by atoms with Crippen LogP contribution in [0.15, 0.2) is 53.4 Å². The normalized spacial score (nSPS) is 19.1. The number of rotatable bonds is 6. The van der Waals surface area contributed by atoms with E-state index in [1.54, 1.807) is 57.2 Å². The maximum Gasteiger partial charge on any atom is 0.410 e. The lowest BCUT2D eigenvalue weighted by molar-refractivity contribution is -0.140. The van der Waals surface area contributed by atoms with Crippen LogP contribution >= 0.6 is 0 Å². The van der Waals surface area contributed by atoms with E-state index in [-0.39, 0.29) is 38.2 Å². The van der Waals surface area contributed by atoms with Gasteiger partial charge in [0.25, 0.3) is 0 Å². The van der Waals surface area contributed by atoms with Crippen molar-refractivity contribution in [3.63, 3.8) is 0 Å². The fourth-order valence-corrected chi connectivity index (χ4v) is 4.91. The third-order valence-corrected chi connectivity index (χ3v) is 6.88. The summed E-state index contributed by atoms with van der Waals surface area (Å²) < 4.78 is 67.7. The molecule has 0 saturated carbocycles. The maximum atomic E-state index is 15.2. The standard InChI is InChI=1S/C31H34F4N4O4/c1-30(2,3)43-29(41)38-14-12-25(23(32)17-38)37-24-8-5-9-27-22(24)16-21(39(27)19-31(33,34)35)7-6-13-36-26-11-10-20(18-40)15-28(26)42-4/h5,8-11,16,23,25,36-37H,12-15,17,19H2,1-4H3/t23-,25+/m0/s1. The molecule has 230 valence electrons. The summed E-state index contributed by atoms with van der Waals surface area (Å²) in [5, 5.41) is 6.68. The van der Waals surface area contributed by atoms with E-state index >= 15 is 4.39 Å². The monoisotopic (exact) mass is 602 g/mol. The van der Waals surface area contributed by atoms with Crippen LogP contribution in [0.5, 0.6) is 0 Å². The average molecular weight is 603 g/mol. The molecule has 43 heavy (non-hydrogen) atoms. The number of hydrogen-bond acceptors (Lipinski definition) is 6. The van der Waals surface area contributed by atoms with Crippen LogP contribution in [0.4, 0.5) is 28.0 Å². The van der Waals surface area contributed by atoms with E-state index in [2.05, 4.69) is 22.5 Å². The number of aromatic nitrogens is 1. The number of allylic oxidation sites excluding steroid dienone is 3. The number of carbonyl (C=O) groups excluding carboxylic acids is 2. The topological polar surface area (TPSA) is 84.8 Å². The second-order valence-corrected chi connectivity index (χ2v) is 11.3. The van der Waals surface area contributed by atoms with E-state index in [0.717, 1.165) is 4.57 Å². The number of halogens is 4. The smallest absolute Gasteiger partial charge is 0.410 e. The van der Waals surface area contributed by atoms with Crippen molar-refractivity contribution in [1.82, 2.24) is 14.8 Å². The number of piperidine rings is 1. The highest BCUT2D eigenvalue weighted by molar-refractivity contribution is 5.94.